The molecule has 0 amide bonds. The van der Waals surface area contributed by atoms with E-state index in [4.69, 9.17) is 0 Å². The molecule has 0 bridgehead atoms. The van der Waals surface area contributed by atoms with Crippen LogP contribution in [-0.4, -0.2) is 5.12 Å². The van der Waals surface area contributed by atoms with E-state index < -0.39 is 0 Å². The fourth-order valence-corrected chi connectivity index (χ4v) is 2.40. The van der Waals surface area contributed by atoms with Crippen molar-refractivity contribution in [3.05, 3.63) is 78.4 Å². The molecule has 19 heavy (non-hydrogen) atoms. The molecule has 0 atom stereocenters. The zero-order chi connectivity index (χ0) is 13.3. The minimum atomic E-state index is 0.0826. The number of hydrogen-bond donors (Lipinski definition) is 0. The lowest BCUT2D eigenvalue weighted by Crippen LogP contribution is -1.86. The number of thioether (sulfide) groups is 1. The topological polar surface area (TPSA) is 17.1 Å². The van der Waals surface area contributed by atoms with Crippen LogP contribution in [0.3, 0.4) is 0 Å². The van der Waals surface area contributed by atoms with Crippen LogP contribution in [0.1, 0.15) is 12.0 Å². The highest BCUT2D eigenvalue weighted by atomic mass is 32.2. The highest BCUT2D eigenvalue weighted by molar-refractivity contribution is 8.14. The second-order valence-corrected chi connectivity index (χ2v) is 5.24. The fraction of sp³-hybridized carbons (Fsp3) is 0.118. The average Bonchev–Trinajstić information content (AvgIpc) is 2.46. The molecule has 0 unspecified atom stereocenters. The van der Waals surface area contributed by atoms with Gasteiger partial charge >= 0.3 is 0 Å². The van der Waals surface area contributed by atoms with E-state index >= 15 is 0 Å². The van der Waals surface area contributed by atoms with E-state index in [9.17, 15) is 4.79 Å². The Morgan fingerprint density at radius 2 is 1.58 bits per heavy atom. The number of allylic oxidation sites excluding steroid dienone is 1. The van der Waals surface area contributed by atoms with Gasteiger partial charge in [0.1, 0.15) is 0 Å². The third-order valence-electron chi connectivity index (χ3n) is 2.66. The summed E-state index contributed by atoms with van der Waals surface area (Å²) in [5, 5.41) is 0.0826. The van der Waals surface area contributed by atoms with Gasteiger partial charge in [-0.05, 0) is 48.4 Å². The molecule has 2 heteroatoms. The van der Waals surface area contributed by atoms with E-state index in [1.54, 1.807) is 6.08 Å². The first-order valence-corrected chi connectivity index (χ1v) is 7.13. The van der Waals surface area contributed by atoms with E-state index in [1.807, 2.05) is 54.6 Å². The fourth-order valence-electron chi connectivity index (χ4n) is 1.71. The molecule has 0 heterocycles. The summed E-state index contributed by atoms with van der Waals surface area (Å²) < 4.78 is 0. The Morgan fingerprint density at radius 3 is 2.26 bits per heavy atom. The Morgan fingerprint density at radius 1 is 0.947 bits per heavy atom. The SMILES string of the molecule is O=C(/C=C/CCc1ccccc1)Sc1ccccc1. The first-order valence-electron chi connectivity index (χ1n) is 6.32. The second-order valence-electron chi connectivity index (χ2n) is 4.16. The van der Waals surface area contributed by atoms with Gasteiger partial charge in [0.15, 0.2) is 0 Å². The van der Waals surface area contributed by atoms with Crippen molar-refractivity contribution in [2.45, 2.75) is 17.7 Å². The van der Waals surface area contributed by atoms with E-state index in [0.717, 1.165) is 17.7 Å². The quantitative estimate of drug-likeness (QED) is 0.587. The zero-order valence-corrected chi connectivity index (χ0v) is 11.5. The predicted octanol–water partition coefficient (Wildman–Crippen LogP) is 4.49. The monoisotopic (exact) mass is 268 g/mol. The first-order chi connectivity index (χ1) is 9.34. The Bertz CT molecular complexity index is 532. The largest absolute Gasteiger partial charge is 0.282 e. The summed E-state index contributed by atoms with van der Waals surface area (Å²) in [6.45, 7) is 0. The summed E-state index contributed by atoms with van der Waals surface area (Å²) in [6, 6.07) is 20.0. The molecule has 0 aromatic heterocycles. The van der Waals surface area contributed by atoms with Crippen molar-refractivity contribution in [2.75, 3.05) is 0 Å². The lowest BCUT2D eigenvalue weighted by Gasteiger charge is -1.97. The number of hydrogen-bond acceptors (Lipinski definition) is 2. The van der Waals surface area contributed by atoms with Crippen LogP contribution in [-0.2, 0) is 11.2 Å². The van der Waals surface area contributed by atoms with Gasteiger partial charge in [-0.15, -0.1) is 0 Å². The number of carbonyl (C=O) groups excluding carboxylic acids is 1. The van der Waals surface area contributed by atoms with Crippen molar-refractivity contribution in [1.29, 1.82) is 0 Å². The summed E-state index contributed by atoms with van der Waals surface area (Å²) in [4.78, 5) is 12.7. The number of benzene rings is 2. The van der Waals surface area contributed by atoms with Crippen molar-refractivity contribution >= 4 is 16.9 Å². The molecule has 0 fully saturated rings. The molecule has 0 radical (unpaired) electrons. The highest BCUT2D eigenvalue weighted by Gasteiger charge is 1.99. The van der Waals surface area contributed by atoms with Gasteiger partial charge < -0.3 is 0 Å². The Labute approximate surface area is 118 Å². The summed E-state index contributed by atoms with van der Waals surface area (Å²) in [6.07, 6.45) is 5.48. The van der Waals surface area contributed by atoms with Gasteiger partial charge in [0.2, 0.25) is 5.12 Å². The molecular weight excluding hydrogens is 252 g/mol. The summed E-state index contributed by atoms with van der Waals surface area (Å²) in [7, 11) is 0. The van der Waals surface area contributed by atoms with Gasteiger partial charge in [-0.2, -0.15) is 0 Å². The average molecular weight is 268 g/mol. The van der Waals surface area contributed by atoms with Crippen LogP contribution in [0.2, 0.25) is 0 Å². The molecule has 96 valence electrons. The summed E-state index contributed by atoms with van der Waals surface area (Å²) in [5.41, 5.74) is 1.30. The van der Waals surface area contributed by atoms with Crippen LogP contribution in [0.25, 0.3) is 0 Å². The zero-order valence-electron chi connectivity index (χ0n) is 10.7. The predicted molar refractivity (Wildman–Crippen MR) is 81.2 cm³/mol. The molecular formula is C17H16OS. The van der Waals surface area contributed by atoms with Crippen LogP contribution < -0.4 is 0 Å². The van der Waals surface area contributed by atoms with Crippen molar-refractivity contribution in [3.8, 4) is 0 Å². The summed E-state index contributed by atoms with van der Waals surface area (Å²) in [5.74, 6) is 0. The molecule has 0 saturated carbocycles. The molecule has 0 aliphatic heterocycles. The number of carbonyl (C=O) groups is 1. The van der Waals surface area contributed by atoms with Gasteiger partial charge in [0.05, 0.1) is 0 Å². The standard InChI is InChI=1S/C17H16OS/c18-17(19-16-12-5-2-6-13-16)14-8-7-11-15-9-3-1-4-10-15/h1-6,8-10,12-14H,7,11H2/b14-8+. The van der Waals surface area contributed by atoms with Crippen LogP contribution >= 0.6 is 11.8 Å². The second kappa shape index (κ2) is 7.59. The third kappa shape index (κ3) is 5.14. The number of aryl methyl sites for hydroxylation is 1. The minimum absolute atomic E-state index is 0.0826. The molecule has 0 aliphatic carbocycles. The Balaban J connectivity index is 1.75. The van der Waals surface area contributed by atoms with Crippen LogP contribution in [0.4, 0.5) is 0 Å². The molecule has 2 aromatic rings. The lowest BCUT2D eigenvalue weighted by atomic mass is 10.1. The first kappa shape index (κ1) is 13.6. The normalized spacial score (nSPS) is 10.7. The van der Waals surface area contributed by atoms with Gasteiger partial charge in [-0.1, -0.05) is 54.6 Å². The molecule has 2 rings (SSSR count). The maximum absolute atomic E-state index is 11.7. The lowest BCUT2D eigenvalue weighted by molar-refractivity contribution is -0.107. The molecule has 0 aliphatic rings. The van der Waals surface area contributed by atoms with Crippen molar-refractivity contribution in [2.24, 2.45) is 0 Å². The van der Waals surface area contributed by atoms with Gasteiger partial charge in [0.25, 0.3) is 0 Å². The molecule has 0 saturated heterocycles. The Kier molecular flexibility index (Phi) is 5.45. The van der Waals surface area contributed by atoms with Crippen LogP contribution in [0.5, 0.6) is 0 Å². The number of rotatable bonds is 5. The van der Waals surface area contributed by atoms with E-state index in [0.29, 0.717) is 0 Å². The van der Waals surface area contributed by atoms with Crippen LogP contribution in [0.15, 0.2) is 77.7 Å². The van der Waals surface area contributed by atoms with Crippen molar-refractivity contribution < 1.29 is 4.79 Å². The molecule has 2 aromatic carbocycles. The third-order valence-corrected chi connectivity index (χ3v) is 3.50. The molecule has 0 N–H and O–H groups in total. The Hall–Kier alpha value is -1.80. The maximum Gasteiger partial charge on any atom is 0.216 e. The van der Waals surface area contributed by atoms with Gasteiger partial charge in [-0.25, -0.2) is 0 Å². The van der Waals surface area contributed by atoms with E-state index in [1.165, 1.54) is 17.3 Å². The van der Waals surface area contributed by atoms with Gasteiger partial charge in [-0.3, -0.25) is 4.79 Å². The van der Waals surface area contributed by atoms with Crippen molar-refractivity contribution in [3.63, 3.8) is 0 Å². The molecule has 1 nitrogen and oxygen atoms in total. The summed E-state index contributed by atoms with van der Waals surface area (Å²) >= 11 is 1.26. The smallest absolute Gasteiger partial charge is 0.216 e. The maximum atomic E-state index is 11.7. The molecule has 0 spiro atoms. The highest BCUT2D eigenvalue weighted by Crippen LogP contribution is 2.18. The van der Waals surface area contributed by atoms with Crippen LogP contribution in [0, 0.1) is 0 Å². The van der Waals surface area contributed by atoms with Crippen molar-refractivity contribution in [1.82, 2.24) is 0 Å². The van der Waals surface area contributed by atoms with E-state index in [2.05, 4.69) is 12.1 Å². The van der Waals surface area contributed by atoms with Gasteiger partial charge in [0, 0.05) is 4.90 Å². The minimum Gasteiger partial charge on any atom is -0.282 e. The van der Waals surface area contributed by atoms with E-state index in [-0.39, 0.29) is 5.12 Å².